The van der Waals surface area contributed by atoms with Crippen molar-refractivity contribution in [1.29, 1.82) is 0 Å². The predicted molar refractivity (Wildman–Crippen MR) is 92.6 cm³/mol. The van der Waals surface area contributed by atoms with Gasteiger partial charge in [-0.2, -0.15) is 5.10 Å². The Hall–Kier alpha value is -1.79. The van der Waals surface area contributed by atoms with E-state index >= 15 is 0 Å². The van der Waals surface area contributed by atoms with Gasteiger partial charge in [0.15, 0.2) is 5.76 Å². The zero-order chi connectivity index (χ0) is 17.4. The van der Waals surface area contributed by atoms with Crippen LogP contribution in [0.2, 0.25) is 5.02 Å². The fourth-order valence-electron chi connectivity index (χ4n) is 3.97. The summed E-state index contributed by atoms with van der Waals surface area (Å²) in [6.07, 6.45) is 8.32. The fourth-order valence-corrected chi connectivity index (χ4v) is 4.12. The average Bonchev–Trinajstić information content (AvgIpc) is 3.27. The maximum absolute atomic E-state index is 12.5. The standard InChI is InChI=1S/C18H22ClN3O3/c19-13-8-20-22(10-13)9-11-5-14(15(23)6-11)21-18(24)17-7-12-3-1-2-4-16(12)25-17/h7-8,10-11,14-15,23H,1-6,9H2,(H,21,24)/t11?,14-,15-/m1/s1. The highest BCUT2D eigenvalue weighted by atomic mass is 35.5. The van der Waals surface area contributed by atoms with Gasteiger partial charge in [-0.05, 0) is 49.7 Å². The minimum Gasteiger partial charge on any atom is -0.456 e. The largest absolute Gasteiger partial charge is 0.456 e. The summed E-state index contributed by atoms with van der Waals surface area (Å²) >= 11 is 5.88. The van der Waals surface area contributed by atoms with E-state index in [1.807, 2.05) is 6.07 Å². The first-order chi connectivity index (χ1) is 12.1. The Labute approximate surface area is 151 Å². The number of carbonyl (C=O) groups is 1. The summed E-state index contributed by atoms with van der Waals surface area (Å²) in [6, 6.07) is 1.60. The van der Waals surface area contributed by atoms with Crippen molar-refractivity contribution in [1.82, 2.24) is 15.1 Å². The van der Waals surface area contributed by atoms with E-state index in [9.17, 15) is 9.90 Å². The SMILES string of the molecule is O=C(N[C@@H]1CC(Cn2cc(Cl)cn2)C[C@H]1O)c1cc2c(o1)CCCC2. The first-order valence-electron chi connectivity index (χ1n) is 8.87. The van der Waals surface area contributed by atoms with Gasteiger partial charge in [0.25, 0.3) is 5.91 Å². The molecule has 1 fully saturated rings. The molecule has 0 bridgehead atoms. The van der Waals surface area contributed by atoms with Crippen molar-refractivity contribution in [3.8, 4) is 0 Å². The topological polar surface area (TPSA) is 80.3 Å². The van der Waals surface area contributed by atoms with Crippen molar-refractivity contribution < 1.29 is 14.3 Å². The summed E-state index contributed by atoms with van der Waals surface area (Å²) in [4.78, 5) is 12.5. The molecule has 2 aliphatic rings. The third-order valence-electron chi connectivity index (χ3n) is 5.21. The minimum absolute atomic E-state index is 0.235. The van der Waals surface area contributed by atoms with Gasteiger partial charge in [-0.1, -0.05) is 11.6 Å². The summed E-state index contributed by atoms with van der Waals surface area (Å²) < 4.78 is 7.50. The summed E-state index contributed by atoms with van der Waals surface area (Å²) in [5, 5.41) is 18.0. The Balaban J connectivity index is 1.37. The second kappa shape index (κ2) is 6.84. The third kappa shape index (κ3) is 3.60. The molecule has 2 aliphatic carbocycles. The van der Waals surface area contributed by atoms with Crippen LogP contribution in [0.15, 0.2) is 22.9 Å². The number of fused-ring (bicyclic) bond motifs is 1. The van der Waals surface area contributed by atoms with E-state index in [2.05, 4.69) is 10.4 Å². The molecule has 0 aromatic carbocycles. The lowest BCUT2D eigenvalue weighted by molar-refractivity contribution is 0.0844. The van der Waals surface area contributed by atoms with E-state index in [4.69, 9.17) is 16.0 Å². The third-order valence-corrected chi connectivity index (χ3v) is 5.41. The normalized spacial score (nSPS) is 25.8. The van der Waals surface area contributed by atoms with Crippen LogP contribution in [0.3, 0.4) is 0 Å². The van der Waals surface area contributed by atoms with Gasteiger partial charge in [-0.15, -0.1) is 0 Å². The molecule has 4 rings (SSSR count). The van der Waals surface area contributed by atoms with E-state index in [1.165, 1.54) is 0 Å². The molecular formula is C18H22ClN3O3. The Morgan fingerprint density at radius 1 is 1.40 bits per heavy atom. The fraction of sp³-hybridized carbons (Fsp3) is 0.556. The van der Waals surface area contributed by atoms with Gasteiger partial charge in [0, 0.05) is 19.2 Å². The molecule has 2 N–H and O–H groups in total. The number of nitrogens with zero attached hydrogens (tertiary/aromatic N) is 2. The van der Waals surface area contributed by atoms with Crippen LogP contribution < -0.4 is 5.32 Å². The second-order valence-corrected chi connectivity index (χ2v) is 7.57. The van der Waals surface area contributed by atoms with E-state index in [0.29, 0.717) is 30.2 Å². The van der Waals surface area contributed by atoms with Gasteiger partial charge < -0.3 is 14.8 Å². The van der Waals surface area contributed by atoms with Crippen molar-refractivity contribution in [3.05, 3.63) is 40.6 Å². The monoisotopic (exact) mass is 363 g/mol. The minimum atomic E-state index is -0.551. The van der Waals surface area contributed by atoms with Crippen LogP contribution in [-0.2, 0) is 19.4 Å². The number of nitrogens with one attached hydrogen (secondary N) is 1. The molecule has 2 aromatic rings. The van der Waals surface area contributed by atoms with Crippen molar-refractivity contribution in [2.75, 3.05) is 0 Å². The number of halogens is 1. The second-order valence-electron chi connectivity index (χ2n) is 7.13. The molecular weight excluding hydrogens is 342 g/mol. The molecule has 7 heteroatoms. The van der Waals surface area contributed by atoms with Crippen LogP contribution >= 0.6 is 11.6 Å². The van der Waals surface area contributed by atoms with Crippen LogP contribution in [0.5, 0.6) is 0 Å². The van der Waals surface area contributed by atoms with E-state index in [0.717, 1.165) is 37.0 Å². The zero-order valence-corrected chi connectivity index (χ0v) is 14.7. The van der Waals surface area contributed by atoms with Crippen LogP contribution in [0, 0.1) is 5.92 Å². The van der Waals surface area contributed by atoms with Crippen LogP contribution in [0.1, 0.15) is 47.6 Å². The highest BCUT2D eigenvalue weighted by Crippen LogP contribution is 2.29. The predicted octanol–water partition coefficient (Wildman–Crippen LogP) is 2.58. The van der Waals surface area contributed by atoms with Gasteiger partial charge in [0.05, 0.1) is 23.4 Å². The van der Waals surface area contributed by atoms with Gasteiger partial charge >= 0.3 is 0 Å². The molecule has 0 radical (unpaired) electrons. The molecule has 2 heterocycles. The lowest BCUT2D eigenvalue weighted by atomic mass is 9.99. The quantitative estimate of drug-likeness (QED) is 0.874. The molecule has 3 atom stereocenters. The highest BCUT2D eigenvalue weighted by Gasteiger charge is 2.35. The summed E-state index contributed by atoms with van der Waals surface area (Å²) in [5.41, 5.74) is 1.15. The molecule has 1 saturated carbocycles. The average molecular weight is 364 g/mol. The number of aliphatic hydroxyl groups is 1. The Morgan fingerprint density at radius 2 is 2.24 bits per heavy atom. The molecule has 1 amide bonds. The summed E-state index contributed by atoms with van der Waals surface area (Å²) in [5.74, 6) is 1.32. The Morgan fingerprint density at radius 3 is 3.00 bits per heavy atom. The number of hydrogen-bond donors (Lipinski definition) is 2. The number of hydrogen-bond acceptors (Lipinski definition) is 4. The first kappa shape index (κ1) is 16.7. The Kier molecular flexibility index (Phi) is 4.56. The van der Waals surface area contributed by atoms with Crippen molar-refractivity contribution >= 4 is 17.5 Å². The van der Waals surface area contributed by atoms with Gasteiger partial charge in [-0.3, -0.25) is 9.48 Å². The van der Waals surface area contributed by atoms with E-state index < -0.39 is 6.10 Å². The molecule has 6 nitrogen and oxygen atoms in total. The number of aliphatic hydroxyl groups excluding tert-OH is 1. The summed E-state index contributed by atoms with van der Waals surface area (Å²) in [6.45, 7) is 0.686. The maximum atomic E-state index is 12.5. The Bertz CT molecular complexity index is 746. The first-order valence-corrected chi connectivity index (χ1v) is 9.25. The zero-order valence-electron chi connectivity index (χ0n) is 13.9. The van der Waals surface area contributed by atoms with Gasteiger partial charge in [-0.25, -0.2) is 0 Å². The van der Waals surface area contributed by atoms with Crippen molar-refractivity contribution in [3.63, 3.8) is 0 Å². The molecule has 25 heavy (non-hydrogen) atoms. The number of amides is 1. The van der Waals surface area contributed by atoms with Crippen LogP contribution in [-0.4, -0.2) is 32.9 Å². The summed E-state index contributed by atoms with van der Waals surface area (Å²) in [7, 11) is 0. The van der Waals surface area contributed by atoms with Gasteiger partial charge in [0.2, 0.25) is 0 Å². The molecule has 2 aromatic heterocycles. The van der Waals surface area contributed by atoms with Crippen molar-refractivity contribution in [2.45, 2.75) is 57.2 Å². The number of rotatable bonds is 4. The van der Waals surface area contributed by atoms with E-state index in [1.54, 1.807) is 17.1 Å². The molecule has 0 aliphatic heterocycles. The number of carbonyl (C=O) groups excluding carboxylic acids is 1. The van der Waals surface area contributed by atoms with Crippen LogP contribution in [0.25, 0.3) is 0 Å². The van der Waals surface area contributed by atoms with Crippen LogP contribution in [0.4, 0.5) is 0 Å². The maximum Gasteiger partial charge on any atom is 0.287 e. The smallest absolute Gasteiger partial charge is 0.287 e. The molecule has 1 unspecified atom stereocenters. The molecule has 0 spiro atoms. The van der Waals surface area contributed by atoms with Crippen molar-refractivity contribution in [2.24, 2.45) is 5.92 Å². The number of aromatic nitrogens is 2. The van der Waals surface area contributed by atoms with E-state index in [-0.39, 0.29) is 17.9 Å². The molecule has 0 saturated heterocycles. The highest BCUT2D eigenvalue weighted by molar-refractivity contribution is 6.30. The number of furan rings is 1. The lowest BCUT2D eigenvalue weighted by Gasteiger charge is -2.15. The molecule has 134 valence electrons. The number of aryl methyl sites for hydroxylation is 2. The lowest BCUT2D eigenvalue weighted by Crippen LogP contribution is -2.39. The van der Waals surface area contributed by atoms with Gasteiger partial charge in [0.1, 0.15) is 5.76 Å².